The fourth-order valence-electron chi connectivity index (χ4n) is 2.64. The van der Waals surface area contributed by atoms with Gasteiger partial charge in [0, 0.05) is 19.1 Å². The van der Waals surface area contributed by atoms with Crippen molar-refractivity contribution in [3.05, 3.63) is 29.3 Å². The van der Waals surface area contributed by atoms with Crippen molar-refractivity contribution >= 4 is 22.4 Å². The van der Waals surface area contributed by atoms with E-state index in [0.717, 1.165) is 18.2 Å². The second-order valence-electron chi connectivity index (χ2n) is 5.45. The number of benzene rings is 1. The highest BCUT2D eigenvalue weighted by molar-refractivity contribution is 7.89. The number of nitrogens with one attached hydrogen (secondary N) is 1. The first-order valence-electron chi connectivity index (χ1n) is 7.01. The molecular formula is C14H20ClF3N2O2S. The van der Waals surface area contributed by atoms with Gasteiger partial charge < -0.3 is 5.32 Å². The van der Waals surface area contributed by atoms with Gasteiger partial charge >= 0.3 is 6.18 Å². The lowest BCUT2D eigenvalue weighted by atomic mass is 10.1. The van der Waals surface area contributed by atoms with E-state index in [-0.39, 0.29) is 28.9 Å². The molecule has 0 unspecified atom stereocenters. The second kappa shape index (κ2) is 7.38. The summed E-state index contributed by atoms with van der Waals surface area (Å²) >= 11 is 0. The number of alkyl halides is 3. The van der Waals surface area contributed by atoms with Crippen molar-refractivity contribution in [3.63, 3.8) is 0 Å². The zero-order valence-electron chi connectivity index (χ0n) is 12.9. The van der Waals surface area contributed by atoms with Crippen molar-refractivity contribution in [2.24, 2.45) is 0 Å². The van der Waals surface area contributed by atoms with Crippen LogP contribution in [0, 0.1) is 6.92 Å². The molecule has 1 saturated heterocycles. The summed E-state index contributed by atoms with van der Waals surface area (Å²) in [6.07, 6.45) is -3.09. The van der Waals surface area contributed by atoms with E-state index in [0.29, 0.717) is 25.9 Å². The van der Waals surface area contributed by atoms with Gasteiger partial charge in [0.2, 0.25) is 10.0 Å². The molecule has 0 saturated carbocycles. The third kappa shape index (κ3) is 4.37. The third-order valence-electron chi connectivity index (χ3n) is 3.98. The molecule has 1 aliphatic rings. The number of halogens is 4. The van der Waals surface area contributed by atoms with E-state index >= 15 is 0 Å². The number of nitrogens with zero attached hydrogens (tertiary/aromatic N) is 1. The average Bonchev–Trinajstić information content (AvgIpc) is 2.46. The van der Waals surface area contributed by atoms with Gasteiger partial charge in [-0.3, -0.25) is 0 Å². The van der Waals surface area contributed by atoms with Gasteiger partial charge in [0.15, 0.2) is 0 Å². The Kier molecular flexibility index (Phi) is 6.48. The summed E-state index contributed by atoms with van der Waals surface area (Å²) in [5.74, 6) is 0. The predicted octanol–water partition coefficient (Wildman–Crippen LogP) is 2.81. The van der Waals surface area contributed by atoms with Crippen LogP contribution in [0.15, 0.2) is 23.1 Å². The first kappa shape index (κ1) is 20.2. The number of rotatable bonds is 3. The molecule has 1 N–H and O–H groups in total. The highest BCUT2D eigenvalue weighted by Crippen LogP contribution is 2.32. The van der Waals surface area contributed by atoms with E-state index in [1.54, 1.807) is 0 Å². The minimum absolute atomic E-state index is 0. The van der Waals surface area contributed by atoms with E-state index in [9.17, 15) is 21.6 Å². The standard InChI is InChI=1S/C14H19F3N2O2S.ClH/c1-10-9-11(14(15,16)17)3-4-13(10)22(20,21)19-7-5-12(18-2)6-8-19;/h3-4,9,12,18H,5-8H2,1-2H3;1H. The van der Waals surface area contributed by atoms with Crippen LogP contribution >= 0.6 is 12.4 Å². The molecule has 9 heteroatoms. The van der Waals surface area contributed by atoms with Crippen molar-refractivity contribution in [3.8, 4) is 0 Å². The predicted molar refractivity (Wildman–Crippen MR) is 84.3 cm³/mol. The lowest BCUT2D eigenvalue weighted by Gasteiger charge is -2.31. The number of piperidine rings is 1. The van der Waals surface area contributed by atoms with Crippen LogP contribution in [-0.4, -0.2) is 38.9 Å². The number of hydrogen-bond acceptors (Lipinski definition) is 3. The van der Waals surface area contributed by atoms with Gasteiger partial charge in [0.05, 0.1) is 10.5 Å². The summed E-state index contributed by atoms with van der Waals surface area (Å²) < 4.78 is 64.5. The molecule has 2 rings (SSSR count). The fraction of sp³-hybridized carbons (Fsp3) is 0.571. The molecule has 1 aliphatic heterocycles. The monoisotopic (exact) mass is 372 g/mol. The van der Waals surface area contributed by atoms with Crippen molar-refractivity contribution in [1.29, 1.82) is 0 Å². The van der Waals surface area contributed by atoms with Gasteiger partial charge in [-0.15, -0.1) is 12.4 Å². The molecule has 0 bridgehead atoms. The Labute approximate surface area is 140 Å². The smallest absolute Gasteiger partial charge is 0.317 e. The van der Waals surface area contributed by atoms with Gasteiger partial charge in [-0.2, -0.15) is 17.5 Å². The van der Waals surface area contributed by atoms with E-state index in [2.05, 4.69) is 5.32 Å². The van der Waals surface area contributed by atoms with E-state index in [1.807, 2.05) is 7.05 Å². The number of sulfonamides is 1. The van der Waals surface area contributed by atoms with Crippen LogP contribution in [0.3, 0.4) is 0 Å². The Bertz CT molecular complexity index is 642. The summed E-state index contributed by atoms with van der Waals surface area (Å²) in [5, 5.41) is 3.10. The molecule has 132 valence electrons. The van der Waals surface area contributed by atoms with Gasteiger partial charge in [-0.1, -0.05) is 0 Å². The highest BCUT2D eigenvalue weighted by atomic mass is 35.5. The maximum absolute atomic E-state index is 12.7. The molecule has 1 aromatic rings. The minimum Gasteiger partial charge on any atom is -0.317 e. The molecule has 1 heterocycles. The Hall–Kier alpha value is -0.830. The highest BCUT2D eigenvalue weighted by Gasteiger charge is 2.33. The minimum atomic E-state index is -4.47. The van der Waals surface area contributed by atoms with E-state index in [4.69, 9.17) is 0 Å². The van der Waals surface area contributed by atoms with E-state index < -0.39 is 21.8 Å². The SMILES string of the molecule is CNC1CCN(S(=O)(=O)c2ccc(C(F)(F)F)cc2C)CC1.Cl. The quantitative estimate of drug-likeness (QED) is 0.887. The lowest BCUT2D eigenvalue weighted by Crippen LogP contribution is -2.44. The number of hydrogen-bond donors (Lipinski definition) is 1. The molecule has 0 amide bonds. The maximum Gasteiger partial charge on any atom is 0.416 e. The summed E-state index contributed by atoms with van der Waals surface area (Å²) in [6, 6.07) is 3.03. The van der Waals surface area contributed by atoms with Crippen molar-refractivity contribution < 1.29 is 21.6 Å². The molecule has 0 spiro atoms. The van der Waals surface area contributed by atoms with Gasteiger partial charge in [-0.25, -0.2) is 8.42 Å². The summed E-state index contributed by atoms with van der Waals surface area (Å²) in [4.78, 5) is -0.0524. The van der Waals surface area contributed by atoms with Gasteiger partial charge in [-0.05, 0) is 50.6 Å². The largest absolute Gasteiger partial charge is 0.416 e. The Morgan fingerprint density at radius 3 is 2.22 bits per heavy atom. The number of aryl methyl sites for hydroxylation is 1. The van der Waals surface area contributed by atoms with Crippen LogP contribution in [0.2, 0.25) is 0 Å². The van der Waals surface area contributed by atoms with Crippen molar-refractivity contribution in [2.75, 3.05) is 20.1 Å². The van der Waals surface area contributed by atoms with Gasteiger partial charge in [0.1, 0.15) is 0 Å². The van der Waals surface area contributed by atoms with Crippen LogP contribution < -0.4 is 5.32 Å². The Balaban J connectivity index is 0.00000264. The fourth-order valence-corrected chi connectivity index (χ4v) is 4.31. The van der Waals surface area contributed by atoms with Crippen LogP contribution in [0.1, 0.15) is 24.0 Å². The molecule has 4 nitrogen and oxygen atoms in total. The second-order valence-corrected chi connectivity index (χ2v) is 7.35. The zero-order valence-corrected chi connectivity index (χ0v) is 14.5. The molecule has 0 radical (unpaired) electrons. The Morgan fingerprint density at radius 2 is 1.78 bits per heavy atom. The molecule has 1 aromatic carbocycles. The van der Waals surface area contributed by atoms with Gasteiger partial charge in [0.25, 0.3) is 0 Å². The molecule has 0 atom stereocenters. The maximum atomic E-state index is 12.7. The summed E-state index contributed by atoms with van der Waals surface area (Å²) in [6.45, 7) is 2.13. The van der Waals surface area contributed by atoms with Crippen LogP contribution in [0.25, 0.3) is 0 Å². The molecule has 1 fully saturated rings. The molecule has 23 heavy (non-hydrogen) atoms. The average molecular weight is 373 g/mol. The molecular weight excluding hydrogens is 353 g/mol. The Morgan fingerprint density at radius 1 is 1.22 bits per heavy atom. The first-order chi connectivity index (χ1) is 10.2. The topological polar surface area (TPSA) is 49.4 Å². The summed E-state index contributed by atoms with van der Waals surface area (Å²) in [5.41, 5.74) is -0.719. The van der Waals surface area contributed by atoms with Crippen molar-refractivity contribution in [2.45, 2.75) is 36.9 Å². The third-order valence-corrected chi connectivity index (χ3v) is 6.04. The first-order valence-corrected chi connectivity index (χ1v) is 8.45. The molecule has 0 aromatic heterocycles. The summed E-state index contributed by atoms with van der Waals surface area (Å²) in [7, 11) is -1.92. The van der Waals surface area contributed by atoms with Crippen LogP contribution in [-0.2, 0) is 16.2 Å². The lowest BCUT2D eigenvalue weighted by molar-refractivity contribution is -0.137. The van der Waals surface area contributed by atoms with Crippen molar-refractivity contribution in [1.82, 2.24) is 9.62 Å². The normalized spacial score (nSPS) is 17.8. The van der Waals surface area contributed by atoms with Crippen LogP contribution in [0.4, 0.5) is 13.2 Å². The zero-order chi connectivity index (χ0) is 16.5. The van der Waals surface area contributed by atoms with Crippen LogP contribution in [0.5, 0.6) is 0 Å². The molecule has 0 aliphatic carbocycles. The van der Waals surface area contributed by atoms with E-state index in [1.165, 1.54) is 11.2 Å².